The van der Waals surface area contributed by atoms with E-state index in [9.17, 15) is 0 Å². The van der Waals surface area contributed by atoms with Gasteiger partial charge in [0.1, 0.15) is 0 Å². The molecule has 1 aromatic carbocycles. The van der Waals surface area contributed by atoms with E-state index in [2.05, 4.69) is 38.1 Å². The van der Waals surface area contributed by atoms with Gasteiger partial charge in [0.05, 0.1) is 0 Å². The normalized spacial score (nSPS) is 35.2. The van der Waals surface area contributed by atoms with Gasteiger partial charge in [0.15, 0.2) is 0 Å². The Morgan fingerprint density at radius 2 is 1.36 bits per heavy atom. The third-order valence-corrected chi connectivity index (χ3v) is 9.37. The zero-order valence-electron chi connectivity index (χ0n) is 18.8. The molecule has 0 nitrogen and oxygen atoms in total. The Balaban J connectivity index is 1.35. The largest absolute Gasteiger partial charge is 0.0654 e. The van der Waals surface area contributed by atoms with Crippen LogP contribution in [0.1, 0.15) is 121 Å². The molecule has 0 unspecified atom stereocenters. The van der Waals surface area contributed by atoms with E-state index < -0.39 is 0 Å². The second-order valence-corrected chi connectivity index (χ2v) is 10.8. The molecule has 156 valence electrons. The van der Waals surface area contributed by atoms with Gasteiger partial charge in [0.2, 0.25) is 0 Å². The molecule has 28 heavy (non-hydrogen) atoms. The van der Waals surface area contributed by atoms with Crippen molar-refractivity contribution in [3.05, 3.63) is 35.4 Å². The summed E-state index contributed by atoms with van der Waals surface area (Å²) in [5, 5.41) is 0. The van der Waals surface area contributed by atoms with Crippen LogP contribution in [0.2, 0.25) is 0 Å². The molecule has 4 fully saturated rings. The van der Waals surface area contributed by atoms with Crippen molar-refractivity contribution >= 4 is 0 Å². The van der Waals surface area contributed by atoms with E-state index in [4.69, 9.17) is 0 Å². The quantitative estimate of drug-likeness (QED) is 0.423. The van der Waals surface area contributed by atoms with Crippen molar-refractivity contribution in [1.82, 2.24) is 0 Å². The van der Waals surface area contributed by atoms with Crippen molar-refractivity contribution in [1.29, 1.82) is 0 Å². The average molecular weight is 381 g/mol. The summed E-state index contributed by atoms with van der Waals surface area (Å²) in [5.74, 6) is 2.12. The summed E-state index contributed by atoms with van der Waals surface area (Å²) in [6.07, 6.45) is 23.4. The van der Waals surface area contributed by atoms with Crippen LogP contribution in [0.5, 0.6) is 0 Å². The van der Waals surface area contributed by atoms with Gasteiger partial charge in [0.25, 0.3) is 0 Å². The van der Waals surface area contributed by atoms with Gasteiger partial charge in [-0.3, -0.25) is 0 Å². The fourth-order valence-electron chi connectivity index (χ4n) is 7.22. The zero-order chi connectivity index (χ0) is 19.5. The fraction of sp³-hybridized carbons (Fsp3) is 0.786. The number of hydrogen-bond acceptors (Lipinski definition) is 0. The van der Waals surface area contributed by atoms with E-state index in [1.807, 2.05) is 0 Å². The third kappa shape index (κ3) is 4.08. The van der Waals surface area contributed by atoms with Crippen LogP contribution in [0.25, 0.3) is 0 Å². The van der Waals surface area contributed by atoms with E-state index in [1.54, 1.807) is 24.0 Å². The van der Waals surface area contributed by atoms with Crippen molar-refractivity contribution in [2.45, 2.75) is 122 Å². The van der Waals surface area contributed by atoms with Crippen LogP contribution in [-0.2, 0) is 11.8 Å². The first-order valence-electron chi connectivity index (χ1n) is 12.8. The first kappa shape index (κ1) is 20.5. The Kier molecular flexibility index (Phi) is 6.53. The minimum atomic E-state index is 0.531. The molecule has 4 aliphatic rings. The van der Waals surface area contributed by atoms with Gasteiger partial charge < -0.3 is 0 Å². The van der Waals surface area contributed by atoms with Crippen LogP contribution in [-0.4, -0.2) is 0 Å². The van der Waals surface area contributed by atoms with E-state index >= 15 is 0 Å². The number of hydrogen-bond donors (Lipinski definition) is 0. The minimum absolute atomic E-state index is 0.531. The Morgan fingerprint density at radius 3 is 1.93 bits per heavy atom. The Hall–Kier alpha value is -0.780. The summed E-state index contributed by atoms with van der Waals surface area (Å²) in [7, 11) is 0. The standard InChI is InChI=1S/C28H44/c1-3-5-7-23-9-13-25(14-10-23)27-17-20-28(21-18-27,22-19-27)26-15-11-24(12-16-26)8-6-4-2/h9-10,13-14,24,26H,3-8,11-12,15-22H2,1-2H3. The van der Waals surface area contributed by atoms with Gasteiger partial charge in [-0.2, -0.15) is 0 Å². The Morgan fingerprint density at radius 1 is 0.750 bits per heavy atom. The predicted molar refractivity (Wildman–Crippen MR) is 122 cm³/mol. The lowest BCUT2D eigenvalue weighted by Crippen LogP contribution is -2.48. The van der Waals surface area contributed by atoms with E-state index in [0.29, 0.717) is 5.41 Å². The minimum Gasteiger partial charge on any atom is -0.0654 e. The molecule has 5 rings (SSSR count). The monoisotopic (exact) mass is 380 g/mol. The lowest BCUT2D eigenvalue weighted by molar-refractivity contribution is -0.0294. The average Bonchev–Trinajstić information content (AvgIpc) is 2.78. The second-order valence-electron chi connectivity index (χ2n) is 10.8. The van der Waals surface area contributed by atoms with Gasteiger partial charge >= 0.3 is 0 Å². The molecule has 0 atom stereocenters. The number of fused-ring (bicyclic) bond motifs is 3. The second kappa shape index (κ2) is 8.93. The number of aryl methyl sites for hydroxylation is 1. The highest BCUT2D eigenvalue weighted by atomic mass is 14.6. The van der Waals surface area contributed by atoms with Crippen LogP contribution < -0.4 is 0 Å². The molecular weight excluding hydrogens is 336 g/mol. The Bertz CT molecular complexity index is 577. The smallest absolute Gasteiger partial charge is 0.00463 e. The van der Waals surface area contributed by atoms with Gasteiger partial charge in [-0.1, -0.05) is 76.6 Å². The van der Waals surface area contributed by atoms with Crippen LogP contribution in [0.4, 0.5) is 0 Å². The van der Waals surface area contributed by atoms with Crippen molar-refractivity contribution in [3.63, 3.8) is 0 Å². The predicted octanol–water partition coefficient (Wildman–Crippen LogP) is 8.62. The molecule has 0 N–H and O–H groups in total. The van der Waals surface area contributed by atoms with Gasteiger partial charge in [-0.05, 0) is 98.0 Å². The first-order chi connectivity index (χ1) is 13.7. The highest BCUT2D eigenvalue weighted by molar-refractivity contribution is 5.31. The zero-order valence-corrected chi connectivity index (χ0v) is 18.8. The SMILES string of the molecule is CCCCc1ccc(C23CCC(C4CCC(CCCC)CC4)(CC2)CC3)cc1. The van der Waals surface area contributed by atoms with Gasteiger partial charge in [0, 0.05) is 0 Å². The van der Waals surface area contributed by atoms with E-state index in [-0.39, 0.29) is 0 Å². The first-order valence-corrected chi connectivity index (χ1v) is 12.8. The van der Waals surface area contributed by atoms with E-state index in [1.165, 1.54) is 89.9 Å². The molecule has 0 amide bonds. The molecule has 2 bridgehead atoms. The number of rotatable bonds is 8. The molecule has 0 aliphatic heterocycles. The molecule has 0 aromatic heterocycles. The van der Waals surface area contributed by atoms with Gasteiger partial charge in [-0.25, -0.2) is 0 Å². The molecule has 0 heterocycles. The summed E-state index contributed by atoms with van der Waals surface area (Å²) in [6.45, 7) is 4.64. The molecule has 0 spiro atoms. The van der Waals surface area contributed by atoms with Crippen molar-refractivity contribution in [2.24, 2.45) is 17.3 Å². The molecule has 0 radical (unpaired) electrons. The lowest BCUT2D eigenvalue weighted by Gasteiger charge is -2.58. The number of unbranched alkanes of at least 4 members (excludes halogenated alkanes) is 2. The van der Waals surface area contributed by atoms with Crippen molar-refractivity contribution in [3.8, 4) is 0 Å². The molecule has 0 heteroatoms. The maximum Gasteiger partial charge on any atom is -0.00463 e. The van der Waals surface area contributed by atoms with Crippen LogP contribution >= 0.6 is 0 Å². The molecule has 1 aromatic rings. The van der Waals surface area contributed by atoms with Crippen LogP contribution in [0, 0.1) is 17.3 Å². The lowest BCUT2D eigenvalue weighted by atomic mass is 9.47. The van der Waals surface area contributed by atoms with Crippen LogP contribution in [0.15, 0.2) is 24.3 Å². The molecular formula is C28H44. The van der Waals surface area contributed by atoms with Crippen molar-refractivity contribution < 1.29 is 0 Å². The maximum absolute atomic E-state index is 2.50. The van der Waals surface area contributed by atoms with Crippen molar-refractivity contribution in [2.75, 3.05) is 0 Å². The highest BCUT2D eigenvalue weighted by Crippen LogP contribution is 2.62. The maximum atomic E-state index is 2.50. The summed E-state index contributed by atoms with van der Waals surface area (Å²) in [5.41, 5.74) is 4.48. The molecule has 4 saturated carbocycles. The summed E-state index contributed by atoms with van der Waals surface area (Å²) in [6, 6.07) is 9.88. The van der Waals surface area contributed by atoms with Gasteiger partial charge in [-0.15, -0.1) is 0 Å². The topological polar surface area (TPSA) is 0 Å². The summed E-state index contributed by atoms with van der Waals surface area (Å²) in [4.78, 5) is 0. The molecule has 4 aliphatic carbocycles. The molecule has 0 saturated heterocycles. The van der Waals surface area contributed by atoms with Crippen LogP contribution in [0.3, 0.4) is 0 Å². The van der Waals surface area contributed by atoms with E-state index in [0.717, 1.165) is 17.3 Å². The highest BCUT2D eigenvalue weighted by Gasteiger charge is 2.52. The number of benzene rings is 1. The summed E-state index contributed by atoms with van der Waals surface area (Å²) < 4.78 is 0. The summed E-state index contributed by atoms with van der Waals surface area (Å²) >= 11 is 0. The Labute approximate surface area is 174 Å². The third-order valence-electron chi connectivity index (χ3n) is 9.37. The fourth-order valence-corrected chi connectivity index (χ4v) is 7.22.